The van der Waals surface area contributed by atoms with Gasteiger partial charge in [-0.3, -0.25) is 4.99 Å². The highest BCUT2D eigenvalue weighted by Gasteiger charge is 2.21. The van der Waals surface area contributed by atoms with Gasteiger partial charge in [0.15, 0.2) is 5.96 Å². The minimum absolute atomic E-state index is 0. The number of sulfonamides is 1. The van der Waals surface area contributed by atoms with E-state index in [0.29, 0.717) is 26.1 Å². The third-order valence-electron chi connectivity index (χ3n) is 4.99. The Labute approximate surface area is 198 Å². The number of methoxy groups -OCH3 is 1. The number of benzene rings is 1. The number of piperazine rings is 1. The van der Waals surface area contributed by atoms with Crippen molar-refractivity contribution in [1.29, 1.82) is 0 Å². The molecule has 1 fully saturated rings. The first-order valence-corrected chi connectivity index (χ1v) is 12.1. The lowest BCUT2D eigenvalue weighted by molar-refractivity contribution is 0.366. The van der Waals surface area contributed by atoms with Crippen LogP contribution in [0.4, 0.5) is 5.69 Å². The average Bonchev–Trinajstić information content (AvgIpc) is 2.72. The number of guanidine groups is 1. The molecule has 0 amide bonds. The van der Waals surface area contributed by atoms with Gasteiger partial charge in [0.25, 0.3) is 0 Å². The molecule has 0 spiro atoms. The molecule has 0 bridgehead atoms. The van der Waals surface area contributed by atoms with Crippen LogP contribution in [-0.4, -0.2) is 89.3 Å². The molecule has 10 heteroatoms. The average molecular weight is 554 g/mol. The van der Waals surface area contributed by atoms with Crippen LogP contribution in [0.1, 0.15) is 20.3 Å². The predicted octanol–water partition coefficient (Wildman–Crippen LogP) is 2.07. The largest absolute Gasteiger partial charge is 0.495 e. The van der Waals surface area contributed by atoms with Crippen molar-refractivity contribution >= 4 is 45.6 Å². The Kier molecular flexibility index (Phi) is 11.8. The van der Waals surface area contributed by atoms with E-state index in [-0.39, 0.29) is 24.0 Å². The van der Waals surface area contributed by atoms with Gasteiger partial charge in [0, 0.05) is 52.4 Å². The minimum Gasteiger partial charge on any atom is -0.495 e. The molecule has 1 aromatic rings. The molecule has 1 heterocycles. The molecule has 30 heavy (non-hydrogen) atoms. The summed E-state index contributed by atoms with van der Waals surface area (Å²) in [5, 5.41) is 3.36. The molecule has 0 radical (unpaired) electrons. The topological polar surface area (TPSA) is 77.5 Å². The maximum Gasteiger partial charge on any atom is 0.211 e. The molecule has 0 saturated carbocycles. The maximum absolute atomic E-state index is 11.7. The fraction of sp³-hybridized carbons (Fsp3) is 0.650. The third-order valence-corrected chi connectivity index (χ3v) is 6.37. The Morgan fingerprint density at radius 2 is 1.87 bits per heavy atom. The molecular weight excluding hydrogens is 517 g/mol. The molecule has 2 rings (SSSR count). The highest BCUT2D eigenvalue weighted by molar-refractivity contribution is 14.0. The molecule has 1 saturated heterocycles. The van der Waals surface area contributed by atoms with E-state index in [1.807, 2.05) is 25.1 Å². The van der Waals surface area contributed by atoms with Crippen molar-refractivity contribution in [2.75, 3.05) is 70.6 Å². The lowest BCUT2D eigenvalue weighted by atomic mass is 10.2. The zero-order valence-corrected chi connectivity index (χ0v) is 21.7. The first-order valence-electron chi connectivity index (χ1n) is 10.3. The number of nitrogens with one attached hydrogen (secondary N) is 1. The van der Waals surface area contributed by atoms with E-state index in [2.05, 4.69) is 28.1 Å². The molecule has 0 atom stereocenters. The van der Waals surface area contributed by atoms with E-state index in [4.69, 9.17) is 9.73 Å². The molecule has 1 aromatic carbocycles. The number of halogens is 1. The van der Waals surface area contributed by atoms with Crippen molar-refractivity contribution in [1.82, 2.24) is 14.5 Å². The van der Waals surface area contributed by atoms with Gasteiger partial charge < -0.3 is 19.9 Å². The van der Waals surface area contributed by atoms with E-state index in [0.717, 1.165) is 50.1 Å². The number of rotatable bonds is 9. The van der Waals surface area contributed by atoms with Crippen LogP contribution in [-0.2, 0) is 10.0 Å². The highest BCUT2D eigenvalue weighted by atomic mass is 127. The Morgan fingerprint density at radius 1 is 1.20 bits per heavy atom. The second kappa shape index (κ2) is 13.2. The van der Waals surface area contributed by atoms with E-state index < -0.39 is 10.0 Å². The van der Waals surface area contributed by atoms with Crippen molar-refractivity contribution in [3.8, 4) is 5.75 Å². The van der Waals surface area contributed by atoms with E-state index in [1.165, 1.54) is 10.6 Å². The van der Waals surface area contributed by atoms with Crippen molar-refractivity contribution in [2.24, 2.45) is 4.99 Å². The van der Waals surface area contributed by atoms with Crippen LogP contribution in [0.5, 0.6) is 5.75 Å². The normalized spacial score (nSPS) is 15.2. The van der Waals surface area contributed by atoms with Crippen LogP contribution in [0.15, 0.2) is 29.3 Å². The van der Waals surface area contributed by atoms with E-state index in [9.17, 15) is 8.42 Å². The molecule has 8 nitrogen and oxygen atoms in total. The fourth-order valence-corrected chi connectivity index (χ4v) is 4.40. The van der Waals surface area contributed by atoms with Gasteiger partial charge in [-0.25, -0.2) is 12.7 Å². The molecule has 1 N–H and O–H groups in total. The van der Waals surface area contributed by atoms with Crippen LogP contribution < -0.4 is 15.0 Å². The molecule has 0 unspecified atom stereocenters. The summed E-state index contributed by atoms with van der Waals surface area (Å²) in [6, 6.07) is 8.10. The first kappa shape index (κ1) is 26.8. The first-order chi connectivity index (χ1) is 13.9. The summed E-state index contributed by atoms with van der Waals surface area (Å²) in [6.07, 6.45) is 1.96. The number of nitrogens with zero attached hydrogens (tertiary/aromatic N) is 4. The number of hydrogen-bond donors (Lipinski definition) is 1. The molecule has 1 aliphatic rings. The summed E-state index contributed by atoms with van der Waals surface area (Å²) in [7, 11) is -1.44. The molecule has 1 aliphatic heterocycles. The van der Waals surface area contributed by atoms with Gasteiger partial charge in [0.05, 0.1) is 19.1 Å². The van der Waals surface area contributed by atoms with Crippen molar-refractivity contribution < 1.29 is 13.2 Å². The Bertz CT molecular complexity index is 767. The zero-order chi connectivity index (χ0) is 21.3. The Hall–Kier alpha value is -1.27. The molecule has 0 aliphatic carbocycles. The second-order valence-electron chi connectivity index (χ2n) is 6.99. The molecule has 172 valence electrons. The number of hydrogen-bond acceptors (Lipinski definition) is 5. The van der Waals surface area contributed by atoms with E-state index >= 15 is 0 Å². The van der Waals surface area contributed by atoms with Crippen LogP contribution >= 0.6 is 24.0 Å². The summed E-state index contributed by atoms with van der Waals surface area (Å²) in [5.74, 6) is 1.79. The Balaban J connectivity index is 0.00000450. The lowest BCUT2D eigenvalue weighted by Gasteiger charge is -2.38. The number of para-hydroxylation sites is 2. The SMILES string of the molecule is CCNC(=NCCCN(CC)S(C)(=O)=O)N1CCN(c2ccccc2OC)CC1.I. The summed E-state index contributed by atoms with van der Waals surface area (Å²) in [4.78, 5) is 9.33. The van der Waals surface area contributed by atoms with Crippen molar-refractivity contribution in [2.45, 2.75) is 20.3 Å². The van der Waals surface area contributed by atoms with Gasteiger partial charge in [-0.2, -0.15) is 0 Å². The summed E-state index contributed by atoms with van der Waals surface area (Å²) in [6.45, 7) is 9.83. The quantitative estimate of drug-likeness (QED) is 0.219. The maximum atomic E-state index is 11.7. The predicted molar refractivity (Wildman–Crippen MR) is 135 cm³/mol. The van der Waals surface area contributed by atoms with Gasteiger partial charge in [0.2, 0.25) is 10.0 Å². The van der Waals surface area contributed by atoms with Crippen LogP contribution in [0, 0.1) is 0 Å². The van der Waals surface area contributed by atoms with Crippen molar-refractivity contribution in [3.05, 3.63) is 24.3 Å². The number of ether oxygens (including phenoxy) is 1. The third kappa shape index (κ3) is 7.77. The number of anilines is 1. The lowest BCUT2D eigenvalue weighted by Crippen LogP contribution is -2.52. The van der Waals surface area contributed by atoms with Gasteiger partial charge in [-0.15, -0.1) is 24.0 Å². The van der Waals surface area contributed by atoms with Crippen LogP contribution in [0.3, 0.4) is 0 Å². The highest BCUT2D eigenvalue weighted by Crippen LogP contribution is 2.28. The fourth-order valence-electron chi connectivity index (χ4n) is 3.47. The second-order valence-corrected chi connectivity index (χ2v) is 8.97. The van der Waals surface area contributed by atoms with E-state index in [1.54, 1.807) is 7.11 Å². The van der Waals surface area contributed by atoms with Crippen LogP contribution in [0.25, 0.3) is 0 Å². The summed E-state index contributed by atoms with van der Waals surface area (Å²) in [5.41, 5.74) is 1.12. The van der Waals surface area contributed by atoms with Gasteiger partial charge in [-0.05, 0) is 25.5 Å². The Morgan fingerprint density at radius 3 is 2.43 bits per heavy atom. The van der Waals surface area contributed by atoms with Crippen molar-refractivity contribution in [3.63, 3.8) is 0 Å². The van der Waals surface area contributed by atoms with Gasteiger partial charge in [0.1, 0.15) is 5.75 Å². The minimum atomic E-state index is -3.14. The van der Waals surface area contributed by atoms with Gasteiger partial charge in [-0.1, -0.05) is 19.1 Å². The van der Waals surface area contributed by atoms with Crippen LogP contribution in [0.2, 0.25) is 0 Å². The standard InChI is InChI=1S/C20H35N5O3S.HI/c1-5-21-20(22-12-9-13-25(6-2)29(4,26)27)24-16-14-23(15-17-24)18-10-7-8-11-19(18)28-3;/h7-8,10-11H,5-6,9,12-17H2,1-4H3,(H,21,22);1H. The monoisotopic (exact) mass is 553 g/mol. The zero-order valence-electron chi connectivity index (χ0n) is 18.5. The molecule has 0 aromatic heterocycles. The summed E-state index contributed by atoms with van der Waals surface area (Å²) >= 11 is 0. The molecular formula is C20H36IN5O3S. The number of aliphatic imine (C=N–C) groups is 1. The summed E-state index contributed by atoms with van der Waals surface area (Å²) < 4.78 is 30.4. The smallest absolute Gasteiger partial charge is 0.211 e. The van der Waals surface area contributed by atoms with Gasteiger partial charge >= 0.3 is 0 Å².